The number of thiazole rings is 1. The van der Waals surface area contributed by atoms with Crippen molar-refractivity contribution in [2.24, 2.45) is 0 Å². The molecule has 1 N–H and O–H groups in total. The Hall–Kier alpha value is -3.79. The Kier molecular flexibility index (Phi) is 6.60. The second kappa shape index (κ2) is 9.60. The molecule has 2 aromatic carbocycles. The summed E-state index contributed by atoms with van der Waals surface area (Å²) in [6, 6.07) is 9.41. The first-order valence-corrected chi connectivity index (χ1v) is 11.2. The predicted octanol–water partition coefficient (Wildman–Crippen LogP) is 3.26. The number of nitrogens with zero attached hydrogens (tertiary/aromatic N) is 3. The van der Waals surface area contributed by atoms with Gasteiger partial charge in [-0.05, 0) is 42.3 Å². The van der Waals surface area contributed by atoms with Crippen molar-refractivity contribution in [3.8, 4) is 22.8 Å². The lowest BCUT2D eigenvalue weighted by Crippen LogP contribution is -2.28. The maximum atomic E-state index is 13.9. The summed E-state index contributed by atoms with van der Waals surface area (Å²) in [6.07, 6.45) is 3.35. The third-order valence-corrected chi connectivity index (χ3v) is 6.23. The van der Waals surface area contributed by atoms with E-state index in [4.69, 9.17) is 4.74 Å². The molecule has 0 atom stereocenters. The van der Waals surface area contributed by atoms with E-state index in [9.17, 15) is 23.5 Å². The lowest BCUT2D eigenvalue weighted by atomic mass is 10.1. The summed E-state index contributed by atoms with van der Waals surface area (Å²) >= 11 is 1.13. The molecule has 4 aromatic rings. The highest BCUT2D eigenvalue weighted by atomic mass is 32.1. The third-order valence-electron chi connectivity index (χ3n) is 5.25. The molecule has 7 nitrogen and oxygen atoms in total. The van der Waals surface area contributed by atoms with E-state index in [0.717, 1.165) is 17.4 Å². The molecule has 0 fully saturated rings. The quantitative estimate of drug-likeness (QED) is 0.435. The van der Waals surface area contributed by atoms with Crippen LogP contribution in [0.2, 0.25) is 0 Å². The molecular formula is C24H21F2N3O4S. The van der Waals surface area contributed by atoms with E-state index in [2.05, 4.69) is 4.98 Å². The fraction of sp³-hybridized carbons (Fsp3) is 0.208. The van der Waals surface area contributed by atoms with Gasteiger partial charge < -0.3 is 14.7 Å². The number of hydrogen-bond acceptors (Lipinski definition) is 6. The van der Waals surface area contributed by atoms with Gasteiger partial charge in [-0.2, -0.15) is 0 Å². The first-order valence-electron chi connectivity index (χ1n) is 10.3. The van der Waals surface area contributed by atoms with Crippen LogP contribution in [0.3, 0.4) is 0 Å². The minimum Gasteiger partial charge on any atom is -0.502 e. The molecule has 0 spiro atoms. The summed E-state index contributed by atoms with van der Waals surface area (Å²) in [4.78, 5) is 31.9. The number of amides is 1. The van der Waals surface area contributed by atoms with E-state index < -0.39 is 18.2 Å². The lowest BCUT2D eigenvalue weighted by molar-refractivity contribution is 0.0791. The summed E-state index contributed by atoms with van der Waals surface area (Å²) in [6.45, 7) is -0.176. The number of fused-ring (bicyclic) bond motifs is 1. The van der Waals surface area contributed by atoms with Crippen LogP contribution in [0.15, 0.2) is 47.4 Å². The number of ether oxygens (including phenoxy) is 1. The van der Waals surface area contributed by atoms with E-state index in [0.29, 0.717) is 38.4 Å². The maximum absolute atomic E-state index is 13.9. The van der Waals surface area contributed by atoms with Crippen LogP contribution in [0, 0.1) is 5.82 Å². The summed E-state index contributed by atoms with van der Waals surface area (Å²) in [5.74, 6) is -1.71. The Morgan fingerprint density at radius 1 is 1.32 bits per heavy atom. The molecule has 0 unspecified atom stereocenters. The van der Waals surface area contributed by atoms with Crippen molar-refractivity contribution in [2.75, 3.05) is 27.4 Å². The third kappa shape index (κ3) is 4.49. The molecule has 0 bridgehead atoms. The molecule has 176 valence electrons. The number of methoxy groups -OCH3 is 1. The van der Waals surface area contributed by atoms with E-state index in [1.807, 2.05) is 0 Å². The number of aromatic nitrogens is 2. The monoisotopic (exact) mass is 485 g/mol. The topological polar surface area (TPSA) is 84.1 Å². The standard InChI is InChI=1S/C24H21F2N3O4S/c1-28(8-4-7-25)22(31)16-6-3-5-15(12-16)18-13-29-23(32)20(34-24(29)27-18)11-14-9-17(26)21(30)19(10-14)33-2/h3,5-6,9-13,30H,4,7-8H2,1-2H3/b20-11-. The van der Waals surface area contributed by atoms with Crippen LogP contribution >= 0.6 is 11.3 Å². The van der Waals surface area contributed by atoms with Crippen LogP contribution in [0.1, 0.15) is 22.3 Å². The minimum atomic E-state index is -0.855. The molecule has 0 radical (unpaired) electrons. The highest BCUT2D eigenvalue weighted by Gasteiger charge is 2.15. The van der Waals surface area contributed by atoms with Gasteiger partial charge >= 0.3 is 0 Å². The highest BCUT2D eigenvalue weighted by Crippen LogP contribution is 2.30. The average molecular weight is 486 g/mol. The Morgan fingerprint density at radius 2 is 2.12 bits per heavy atom. The Bertz CT molecular complexity index is 1480. The number of imidazole rings is 1. The Labute approximate surface area is 197 Å². The van der Waals surface area contributed by atoms with Gasteiger partial charge in [-0.15, -0.1) is 0 Å². The fourth-order valence-corrected chi connectivity index (χ4v) is 4.44. The van der Waals surface area contributed by atoms with Crippen LogP contribution in [0.4, 0.5) is 8.78 Å². The number of carbonyl (C=O) groups excluding carboxylic acids is 1. The minimum absolute atomic E-state index is 0.0351. The van der Waals surface area contributed by atoms with Crippen LogP contribution in [0.25, 0.3) is 22.3 Å². The van der Waals surface area contributed by atoms with Crippen molar-refractivity contribution in [3.63, 3.8) is 0 Å². The normalized spacial score (nSPS) is 11.8. The number of aromatic hydroxyl groups is 1. The molecule has 2 heterocycles. The van der Waals surface area contributed by atoms with Crippen molar-refractivity contribution in [1.82, 2.24) is 14.3 Å². The van der Waals surface area contributed by atoms with Crippen molar-refractivity contribution < 1.29 is 23.4 Å². The van der Waals surface area contributed by atoms with Crippen LogP contribution < -0.4 is 14.8 Å². The number of phenols is 1. The number of rotatable bonds is 7. The molecule has 0 saturated heterocycles. The SMILES string of the molecule is COc1cc(/C=c2\sc3nc(-c4cccc(C(=O)N(C)CCCF)c4)cn3c2=O)cc(F)c1O. The van der Waals surface area contributed by atoms with Gasteiger partial charge in [0.05, 0.1) is 24.0 Å². The molecule has 1 amide bonds. The van der Waals surface area contributed by atoms with Gasteiger partial charge in [0.2, 0.25) is 0 Å². The van der Waals surface area contributed by atoms with Gasteiger partial charge in [0.1, 0.15) is 0 Å². The zero-order valence-electron chi connectivity index (χ0n) is 18.4. The number of halogens is 2. The predicted molar refractivity (Wildman–Crippen MR) is 126 cm³/mol. The van der Waals surface area contributed by atoms with Crippen molar-refractivity contribution in [2.45, 2.75) is 6.42 Å². The molecule has 0 aliphatic heterocycles. The van der Waals surface area contributed by atoms with Gasteiger partial charge in [-0.3, -0.25) is 18.4 Å². The molecule has 0 saturated carbocycles. The lowest BCUT2D eigenvalue weighted by Gasteiger charge is -2.16. The van der Waals surface area contributed by atoms with E-state index in [1.165, 1.54) is 28.6 Å². The van der Waals surface area contributed by atoms with Crippen molar-refractivity contribution in [3.05, 3.63) is 74.4 Å². The van der Waals surface area contributed by atoms with Gasteiger partial charge in [0.25, 0.3) is 11.5 Å². The molecule has 10 heteroatoms. The summed E-state index contributed by atoms with van der Waals surface area (Å²) in [5, 5.41) is 9.66. The average Bonchev–Trinajstić information content (AvgIpc) is 3.38. The van der Waals surface area contributed by atoms with E-state index >= 15 is 0 Å². The van der Waals surface area contributed by atoms with Gasteiger partial charge in [-0.25, -0.2) is 9.37 Å². The number of benzene rings is 2. The summed E-state index contributed by atoms with van der Waals surface area (Å²) < 4.78 is 33.0. The first-order chi connectivity index (χ1) is 16.3. The molecule has 4 rings (SSSR count). The molecule has 2 aromatic heterocycles. The highest BCUT2D eigenvalue weighted by molar-refractivity contribution is 7.15. The van der Waals surface area contributed by atoms with Gasteiger partial charge in [0.15, 0.2) is 22.3 Å². The molecule has 34 heavy (non-hydrogen) atoms. The molecule has 0 aliphatic carbocycles. The number of phenolic OH excluding ortho intramolecular Hbond substituents is 1. The summed E-state index contributed by atoms with van der Waals surface area (Å²) in [5.41, 5.74) is 1.65. The summed E-state index contributed by atoms with van der Waals surface area (Å²) in [7, 11) is 2.93. The fourth-order valence-electron chi connectivity index (χ4n) is 3.49. The smallest absolute Gasteiger partial charge is 0.274 e. The zero-order valence-corrected chi connectivity index (χ0v) is 19.2. The number of alkyl halides is 1. The van der Waals surface area contributed by atoms with Crippen LogP contribution in [-0.4, -0.2) is 52.7 Å². The maximum Gasteiger partial charge on any atom is 0.274 e. The largest absolute Gasteiger partial charge is 0.502 e. The van der Waals surface area contributed by atoms with Crippen molar-refractivity contribution in [1.29, 1.82) is 0 Å². The number of hydrogen-bond donors (Lipinski definition) is 1. The van der Waals surface area contributed by atoms with E-state index in [-0.39, 0.29) is 23.6 Å². The van der Waals surface area contributed by atoms with Crippen LogP contribution in [-0.2, 0) is 0 Å². The van der Waals surface area contributed by atoms with Crippen LogP contribution in [0.5, 0.6) is 11.5 Å². The Balaban J connectivity index is 1.67. The zero-order chi connectivity index (χ0) is 24.4. The second-order valence-corrected chi connectivity index (χ2v) is 8.61. The van der Waals surface area contributed by atoms with Gasteiger partial charge in [0, 0.05) is 30.9 Å². The molecular weight excluding hydrogens is 464 g/mol. The Morgan fingerprint density at radius 3 is 2.82 bits per heavy atom. The first kappa shape index (κ1) is 23.4. The number of carbonyl (C=O) groups is 1. The van der Waals surface area contributed by atoms with E-state index in [1.54, 1.807) is 37.5 Å². The van der Waals surface area contributed by atoms with Gasteiger partial charge in [-0.1, -0.05) is 23.5 Å². The molecule has 0 aliphatic rings. The second-order valence-electron chi connectivity index (χ2n) is 7.60. The van der Waals surface area contributed by atoms with Crippen molar-refractivity contribution >= 4 is 28.3 Å².